The van der Waals surface area contributed by atoms with Crippen LogP contribution in [0.5, 0.6) is 0 Å². The summed E-state index contributed by atoms with van der Waals surface area (Å²) in [5, 5.41) is 8.21. The van der Waals surface area contributed by atoms with E-state index in [0.29, 0.717) is 11.8 Å². The van der Waals surface area contributed by atoms with Gasteiger partial charge in [0.05, 0.1) is 5.92 Å². The second kappa shape index (κ2) is 8.60. The molecule has 1 aliphatic heterocycles. The standard InChI is InChI=1S/C22H32N2OS/c1-4-5-18(23)13-19-14-26-11-10-24(19)22(25)20-9-8-16-6-7-17(15(2)3)12-21(16)20/h6-7,12,15,19-20,23H,4-5,8-11,13-14H2,1-3H3. The number of carbonyl (C=O) groups is 1. The van der Waals surface area contributed by atoms with Gasteiger partial charge in [0.2, 0.25) is 5.91 Å². The molecule has 1 fully saturated rings. The number of rotatable bonds is 6. The Kier molecular flexibility index (Phi) is 6.44. The summed E-state index contributed by atoms with van der Waals surface area (Å²) < 4.78 is 0. The summed E-state index contributed by atoms with van der Waals surface area (Å²) in [5.41, 5.74) is 4.75. The quantitative estimate of drug-likeness (QED) is 0.715. The Balaban J connectivity index is 1.78. The van der Waals surface area contributed by atoms with E-state index in [0.717, 1.165) is 55.9 Å². The molecule has 142 valence electrons. The first-order valence-corrected chi connectivity index (χ1v) is 11.2. The average Bonchev–Trinajstić information content (AvgIpc) is 3.05. The molecule has 2 aliphatic rings. The number of aryl methyl sites for hydroxylation is 1. The minimum atomic E-state index is 0.0228. The number of nitrogens with one attached hydrogen (secondary N) is 1. The highest BCUT2D eigenvalue weighted by molar-refractivity contribution is 7.99. The van der Waals surface area contributed by atoms with Crippen molar-refractivity contribution in [2.75, 3.05) is 18.1 Å². The van der Waals surface area contributed by atoms with Crippen LogP contribution in [0.15, 0.2) is 18.2 Å². The van der Waals surface area contributed by atoms with E-state index in [1.54, 1.807) is 0 Å². The number of benzene rings is 1. The molecule has 0 bridgehead atoms. The molecule has 3 nitrogen and oxygen atoms in total. The zero-order valence-electron chi connectivity index (χ0n) is 16.4. The lowest BCUT2D eigenvalue weighted by Gasteiger charge is -2.37. The van der Waals surface area contributed by atoms with Gasteiger partial charge in [0.25, 0.3) is 0 Å². The van der Waals surface area contributed by atoms with Gasteiger partial charge in [-0.3, -0.25) is 4.79 Å². The number of hydrogen-bond donors (Lipinski definition) is 1. The highest BCUT2D eigenvalue weighted by atomic mass is 32.2. The summed E-state index contributed by atoms with van der Waals surface area (Å²) in [6, 6.07) is 6.95. The Morgan fingerprint density at radius 2 is 2.19 bits per heavy atom. The maximum absolute atomic E-state index is 13.4. The highest BCUT2D eigenvalue weighted by Crippen LogP contribution is 2.37. The fourth-order valence-electron chi connectivity index (χ4n) is 4.24. The monoisotopic (exact) mass is 372 g/mol. The lowest BCUT2D eigenvalue weighted by molar-refractivity contribution is -0.134. The number of carbonyl (C=O) groups excluding carboxylic acids is 1. The van der Waals surface area contributed by atoms with E-state index in [1.807, 2.05) is 11.8 Å². The number of hydrogen-bond acceptors (Lipinski definition) is 3. The Morgan fingerprint density at radius 1 is 1.38 bits per heavy atom. The molecule has 1 saturated heterocycles. The summed E-state index contributed by atoms with van der Waals surface area (Å²) in [6.45, 7) is 7.38. The van der Waals surface area contributed by atoms with E-state index in [4.69, 9.17) is 5.41 Å². The molecule has 0 spiro atoms. The van der Waals surface area contributed by atoms with Crippen LogP contribution in [-0.4, -0.2) is 40.6 Å². The summed E-state index contributed by atoms with van der Waals surface area (Å²) in [6.07, 6.45) is 4.58. The first-order chi connectivity index (χ1) is 12.5. The third-order valence-electron chi connectivity index (χ3n) is 5.76. The largest absolute Gasteiger partial charge is 0.337 e. The molecule has 1 amide bonds. The van der Waals surface area contributed by atoms with Gasteiger partial charge in [0.15, 0.2) is 0 Å². The van der Waals surface area contributed by atoms with E-state index >= 15 is 0 Å². The third kappa shape index (κ3) is 4.16. The molecule has 3 rings (SSSR count). The molecule has 4 heteroatoms. The third-order valence-corrected chi connectivity index (χ3v) is 6.85. The fraction of sp³-hybridized carbons (Fsp3) is 0.636. The number of amides is 1. The van der Waals surface area contributed by atoms with Gasteiger partial charge in [0.1, 0.15) is 0 Å². The zero-order valence-corrected chi connectivity index (χ0v) is 17.2. The van der Waals surface area contributed by atoms with Crippen molar-refractivity contribution >= 4 is 23.4 Å². The van der Waals surface area contributed by atoms with Gasteiger partial charge >= 0.3 is 0 Å². The molecule has 1 heterocycles. The van der Waals surface area contributed by atoms with Crippen molar-refractivity contribution in [2.45, 2.75) is 70.8 Å². The highest BCUT2D eigenvalue weighted by Gasteiger charge is 2.36. The van der Waals surface area contributed by atoms with Crippen LogP contribution in [0.25, 0.3) is 0 Å². The average molecular weight is 373 g/mol. The lowest BCUT2D eigenvalue weighted by Crippen LogP contribution is -2.48. The predicted octanol–water partition coefficient (Wildman–Crippen LogP) is 4.99. The Labute approximate surface area is 162 Å². The number of fused-ring (bicyclic) bond motifs is 1. The van der Waals surface area contributed by atoms with E-state index in [-0.39, 0.29) is 12.0 Å². The minimum absolute atomic E-state index is 0.0228. The first-order valence-electron chi connectivity index (χ1n) is 10.1. The Bertz CT molecular complexity index is 670. The van der Waals surface area contributed by atoms with Gasteiger partial charge in [-0.05, 0) is 41.9 Å². The Hall–Kier alpha value is -1.29. The first kappa shape index (κ1) is 19.5. The molecule has 1 aliphatic carbocycles. The van der Waals surface area contributed by atoms with Crippen molar-refractivity contribution < 1.29 is 4.79 Å². The molecule has 0 saturated carbocycles. The van der Waals surface area contributed by atoms with E-state index < -0.39 is 0 Å². The summed E-state index contributed by atoms with van der Waals surface area (Å²) in [5.74, 6) is 2.82. The predicted molar refractivity (Wildman–Crippen MR) is 112 cm³/mol. The second-order valence-corrected chi connectivity index (χ2v) is 9.17. The van der Waals surface area contributed by atoms with Gasteiger partial charge in [-0.25, -0.2) is 0 Å². The van der Waals surface area contributed by atoms with Gasteiger partial charge in [-0.2, -0.15) is 11.8 Å². The molecular weight excluding hydrogens is 340 g/mol. The molecular formula is C22H32N2OS. The van der Waals surface area contributed by atoms with Crippen molar-refractivity contribution in [2.24, 2.45) is 0 Å². The summed E-state index contributed by atoms with van der Waals surface area (Å²) >= 11 is 1.93. The minimum Gasteiger partial charge on any atom is -0.337 e. The normalized spacial score (nSPS) is 22.5. The molecule has 1 aromatic carbocycles. The van der Waals surface area contributed by atoms with Crippen LogP contribution in [-0.2, 0) is 11.2 Å². The van der Waals surface area contributed by atoms with Crippen LogP contribution in [0.1, 0.15) is 75.0 Å². The van der Waals surface area contributed by atoms with Crippen LogP contribution in [0, 0.1) is 5.41 Å². The second-order valence-electron chi connectivity index (χ2n) is 8.02. The van der Waals surface area contributed by atoms with Gasteiger partial charge in [-0.1, -0.05) is 45.4 Å². The van der Waals surface area contributed by atoms with E-state index in [1.165, 1.54) is 16.7 Å². The zero-order chi connectivity index (χ0) is 18.7. The molecule has 0 radical (unpaired) electrons. The van der Waals surface area contributed by atoms with Gasteiger partial charge in [0, 0.05) is 36.2 Å². The molecule has 0 aromatic heterocycles. The van der Waals surface area contributed by atoms with E-state index in [9.17, 15) is 4.79 Å². The summed E-state index contributed by atoms with van der Waals surface area (Å²) in [7, 11) is 0. The molecule has 2 atom stereocenters. The van der Waals surface area contributed by atoms with Crippen molar-refractivity contribution in [3.05, 3.63) is 34.9 Å². The molecule has 1 aromatic rings. The fourth-order valence-corrected chi connectivity index (χ4v) is 5.30. The number of nitrogens with zero attached hydrogens (tertiary/aromatic N) is 1. The van der Waals surface area contributed by atoms with Crippen LogP contribution in [0.3, 0.4) is 0 Å². The van der Waals surface area contributed by atoms with Crippen LogP contribution in [0.2, 0.25) is 0 Å². The molecule has 26 heavy (non-hydrogen) atoms. The molecule has 1 N–H and O–H groups in total. The maximum Gasteiger partial charge on any atom is 0.230 e. The van der Waals surface area contributed by atoms with Crippen molar-refractivity contribution in [1.29, 1.82) is 5.41 Å². The van der Waals surface area contributed by atoms with Crippen LogP contribution in [0.4, 0.5) is 0 Å². The van der Waals surface area contributed by atoms with Crippen molar-refractivity contribution in [1.82, 2.24) is 4.90 Å². The van der Waals surface area contributed by atoms with Gasteiger partial charge in [-0.15, -0.1) is 0 Å². The lowest BCUT2D eigenvalue weighted by atomic mass is 9.93. The smallest absolute Gasteiger partial charge is 0.230 e. The maximum atomic E-state index is 13.4. The summed E-state index contributed by atoms with van der Waals surface area (Å²) in [4.78, 5) is 15.6. The van der Waals surface area contributed by atoms with E-state index in [2.05, 4.69) is 43.9 Å². The van der Waals surface area contributed by atoms with Crippen molar-refractivity contribution in [3.63, 3.8) is 0 Å². The number of thioether (sulfide) groups is 1. The van der Waals surface area contributed by atoms with Gasteiger partial charge < -0.3 is 10.3 Å². The van der Waals surface area contributed by atoms with Crippen molar-refractivity contribution in [3.8, 4) is 0 Å². The topological polar surface area (TPSA) is 44.2 Å². The SMILES string of the molecule is CCCC(=N)CC1CSCCN1C(=O)C1CCc2ccc(C(C)C)cc21. The van der Waals surface area contributed by atoms with Crippen LogP contribution >= 0.6 is 11.8 Å². The molecule has 2 unspecified atom stereocenters. The Morgan fingerprint density at radius 3 is 2.92 bits per heavy atom. The van der Waals surface area contributed by atoms with Crippen LogP contribution < -0.4 is 0 Å².